The van der Waals surface area contributed by atoms with Gasteiger partial charge in [-0.1, -0.05) is 0 Å². The Hall–Kier alpha value is -2.08. The smallest absolute Gasteiger partial charge is 0.408 e. The summed E-state index contributed by atoms with van der Waals surface area (Å²) in [6.07, 6.45) is 0.0659. The molecule has 1 aromatic carbocycles. The van der Waals surface area contributed by atoms with Gasteiger partial charge in [-0.2, -0.15) is 0 Å². The summed E-state index contributed by atoms with van der Waals surface area (Å²) in [5.74, 6) is -0.723. The van der Waals surface area contributed by atoms with E-state index in [1.807, 2.05) is 0 Å². The van der Waals surface area contributed by atoms with E-state index in [-0.39, 0.29) is 18.9 Å². The quantitative estimate of drug-likeness (QED) is 0.810. The Morgan fingerprint density at radius 2 is 2.29 bits per heavy atom. The molecule has 6 nitrogen and oxygen atoms in total. The van der Waals surface area contributed by atoms with Crippen molar-refractivity contribution in [1.82, 2.24) is 4.98 Å². The summed E-state index contributed by atoms with van der Waals surface area (Å²) < 4.78 is 4.86. The summed E-state index contributed by atoms with van der Waals surface area (Å²) >= 11 is 0. The van der Waals surface area contributed by atoms with E-state index in [1.54, 1.807) is 25.2 Å². The normalized spacial score (nSPS) is 10.7. The Morgan fingerprint density at radius 1 is 1.53 bits per heavy atom. The Kier molecular flexibility index (Phi) is 2.97. The maximum absolute atomic E-state index is 11.6. The standard InChI is InChI=1S/C11H12N2O4/c1-13(10(15)4-5-14)7-2-3-9-8(6-7)12-11(16)17-9/h2-3,6,14H,4-5H2,1H3,(H,12,16). The number of aliphatic hydroxyl groups is 1. The number of carbonyl (C=O) groups excluding carboxylic acids is 1. The molecule has 0 atom stereocenters. The van der Waals surface area contributed by atoms with Gasteiger partial charge in [-0.25, -0.2) is 4.79 Å². The molecule has 2 aromatic rings. The minimum atomic E-state index is -0.526. The number of H-pyrrole nitrogens is 1. The Bertz CT molecular complexity index is 599. The lowest BCUT2D eigenvalue weighted by atomic mass is 10.2. The van der Waals surface area contributed by atoms with E-state index in [1.165, 1.54) is 4.90 Å². The molecule has 0 aliphatic rings. The number of fused-ring (bicyclic) bond motifs is 1. The molecule has 0 bridgehead atoms. The van der Waals surface area contributed by atoms with Crippen molar-refractivity contribution >= 4 is 22.7 Å². The van der Waals surface area contributed by atoms with Crippen LogP contribution in [0.1, 0.15) is 6.42 Å². The van der Waals surface area contributed by atoms with Crippen LogP contribution in [0.15, 0.2) is 27.4 Å². The summed E-state index contributed by atoms with van der Waals surface area (Å²) in [4.78, 5) is 26.5. The average Bonchev–Trinajstić information content (AvgIpc) is 2.67. The first kappa shape index (κ1) is 11.4. The molecule has 0 saturated carbocycles. The molecule has 6 heteroatoms. The molecule has 0 spiro atoms. The molecule has 0 aliphatic carbocycles. The van der Waals surface area contributed by atoms with Crippen LogP contribution in [0, 0.1) is 0 Å². The van der Waals surface area contributed by atoms with Crippen molar-refractivity contribution in [3.05, 3.63) is 28.7 Å². The molecule has 2 N–H and O–H groups in total. The average molecular weight is 236 g/mol. The summed E-state index contributed by atoms with van der Waals surface area (Å²) in [6.45, 7) is -0.187. The Morgan fingerprint density at radius 3 is 3.00 bits per heavy atom. The van der Waals surface area contributed by atoms with Crippen molar-refractivity contribution in [3.8, 4) is 0 Å². The van der Waals surface area contributed by atoms with E-state index in [2.05, 4.69) is 4.98 Å². The van der Waals surface area contributed by atoms with Crippen molar-refractivity contribution in [1.29, 1.82) is 0 Å². The van der Waals surface area contributed by atoms with Gasteiger partial charge in [0.05, 0.1) is 18.5 Å². The maximum Gasteiger partial charge on any atom is 0.417 e. The van der Waals surface area contributed by atoms with Crippen LogP contribution in [-0.4, -0.2) is 29.7 Å². The van der Waals surface area contributed by atoms with Crippen molar-refractivity contribution in [2.75, 3.05) is 18.6 Å². The van der Waals surface area contributed by atoms with Gasteiger partial charge in [0.15, 0.2) is 5.58 Å². The number of aromatic nitrogens is 1. The predicted molar refractivity (Wildman–Crippen MR) is 61.9 cm³/mol. The van der Waals surface area contributed by atoms with Gasteiger partial charge in [-0.15, -0.1) is 0 Å². The number of nitrogens with zero attached hydrogens (tertiary/aromatic N) is 1. The Labute approximate surface area is 96.5 Å². The number of aliphatic hydroxyl groups excluding tert-OH is 1. The zero-order chi connectivity index (χ0) is 12.4. The molecule has 1 heterocycles. The van der Waals surface area contributed by atoms with Gasteiger partial charge in [0.25, 0.3) is 0 Å². The van der Waals surface area contributed by atoms with E-state index in [0.29, 0.717) is 16.8 Å². The van der Waals surface area contributed by atoms with Gasteiger partial charge in [0.1, 0.15) is 0 Å². The highest BCUT2D eigenvalue weighted by atomic mass is 16.4. The van der Waals surface area contributed by atoms with Gasteiger partial charge in [0.2, 0.25) is 5.91 Å². The first-order chi connectivity index (χ1) is 8.11. The number of amides is 1. The second kappa shape index (κ2) is 4.42. The molecule has 0 unspecified atom stereocenters. The minimum Gasteiger partial charge on any atom is -0.408 e. The molecule has 17 heavy (non-hydrogen) atoms. The molecule has 1 aromatic heterocycles. The third-order valence-corrected chi connectivity index (χ3v) is 2.49. The number of carbonyl (C=O) groups is 1. The largest absolute Gasteiger partial charge is 0.417 e. The van der Waals surface area contributed by atoms with Gasteiger partial charge < -0.3 is 14.4 Å². The fourth-order valence-corrected chi connectivity index (χ4v) is 1.56. The van der Waals surface area contributed by atoms with E-state index < -0.39 is 5.76 Å². The van der Waals surface area contributed by atoms with Crippen molar-refractivity contribution in [2.24, 2.45) is 0 Å². The van der Waals surface area contributed by atoms with E-state index in [0.717, 1.165) is 0 Å². The van der Waals surface area contributed by atoms with Crippen molar-refractivity contribution < 1.29 is 14.3 Å². The number of rotatable bonds is 3. The third-order valence-electron chi connectivity index (χ3n) is 2.49. The van der Waals surface area contributed by atoms with Gasteiger partial charge in [-0.3, -0.25) is 9.78 Å². The summed E-state index contributed by atoms with van der Waals surface area (Å²) in [5.41, 5.74) is 1.62. The van der Waals surface area contributed by atoms with Crippen LogP contribution >= 0.6 is 0 Å². The lowest BCUT2D eigenvalue weighted by Gasteiger charge is -2.16. The molecule has 0 fully saturated rings. The van der Waals surface area contributed by atoms with Crippen molar-refractivity contribution in [2.45, 2.75) is 6.42 Å². The topological polar surface area (TPSA) is 86.5 Å². The molecule has 0 radical (unpaired) electrons. The number of hydrogen-bond acceptors (Lipinski definition) is 4. The summed E-state index contributed by atoms with van der Waals surface area (Å²) in [7, 11) is 1.61. The number of aromatic amines is 1. The summed E-state index contributed by atoms with van der Waals surface area (Å²) in [6, 6.07) is 4.94. The number of oxazole rings is 1. The zero-order valence-electron chi connectivity index (χ0n) is 9.27. The van der Waals surface area contributed by atoms with Gasteiger partial charge in [0, 0.05) is 12.7 Å². The SMILES string of the molecule is CN(C(=O)CCO)c1ccc2oc(=O)[nH]c2c1. The lowest BCUT2D eigenvalue weighted by molar-refractivity contribution is -0.118. The van der Waals surface area contributed by atoms with Crippen LogP contribution in [0.5, 0.6) is 0 Å². The van der Waals surface area contributed by atoms with Crippen LogP contribution in [0.4, 0.5) is 5.69 Å². The van der Waals surface area contributed by atoms with Crippen LogP contribution < -0.4 is 10.7 Å². The first-order valence-electron chi connectivity index (χ1n) is 5.12. The van der Waals surface area contributed by atoms with E-state index in [9.17, 15) is 9.59 Å². The number of anilines is 1. The highest BCUT2D eigenvalue weighted by Gasteiger charge is 2.11. The zero-order valence-corrected chi connectivity index (χ0v) is 9.27. The fraction of sp³-hybridized carbons (Fsp3) is 0.273. The highest BCUT2D eigenvalue weighted by molar-refractivity contribution is 5.94. The molecular formula is C11H12N2O4. The number of nitrogens with one attached hydrogen (secondary N) is 1. The molecule has 0 saturated heterocycles. The Balaban J connectivity index is 2.35. The van der Waals surface area contributed by atoms with Gasteiger partial charge in [-0.05, 0) is 18.2 Å². The molecular weight excluding hydrogens is 224 g/mol. The minimum absolute atomic E-state index is 0.0659. The third kappa shape index (κ3) is 2.21. The highest BCUT2D eigenvalue weighted by Crippen LogP contribution is 2.19. The lowest BCUT2D eigenvalue weighted by Crippen LogP contribution is -2.26. The maximum atomic E-state index is 11.6. The molecule has 1 amide bonds. The van der Waals surface area contributed by atoms with Crippen molar-refractivity contribution in [3.63, 3.8) is 0 Å². The molecule has 90 valence electrons. The number of benzene rings is 1. The second-order valence-corrected chi connectivity index (χ2v) is 3.62. The van der Waals surface area contributed by atoms with Crippen LogP contribution in [0.3, 0.4) is 0 Å². The van der Waals surface area contributed by atoms with Crippen LogP contribution in [0.25, 0.3) is 11.1 Å². The second-order valence-electron chi connectivity index (χ2n) is 3.62. The van der Waals surface area contributed by atoms with Gasteiger partial charge >= 0.3 is 5.76 Å². The predicted octanol–water partition coefficient (Wildman–Crippen LogP) is 0.466. The summed E-state index contributed by atoms with van der Waals surface area (Å²) in [5, 5.41) is 8.70. The van der Waals surface area contributed by atoms with Crippen LogP contribution in [-0.2, 0) is 4.79 Å². The van der Waals surface area contributed by atoms with E-state index >= 15 is 0 Å². The molecule has 0 aliphatic heterocycles. The van der Waals surface area contributed by atoms with Crippen LogP contribution in [0.2, 0.25) is 0 Å². The molecule has 2 rings (SSSR count). The first-order valence-corrected chi connectivity index (χ1v) is 5.12. The fourth-order valence-electron chi connectivity index (χ4n) is 1.56. The monoisotopic (exact) mass is 236 g/mol. The van der Waals surface area contributed by atoms with E-state index in [4.69, 9.17) is 9.52 Å². The number of hydrogen-bond donors (Lipinski definition) is 2.